The highest BCUT2D eigenvalue weighted by atomic mass is 32.2. The molecule has 0 unspecified atom stereocenters. The van der Waals surface area contributed by atoms with Gasteiger partial charge in [-0.2, -0.15) is 0 Å². The third-order valence-electron chi connectivity index (χ3n) is 4.33. The van der Waals surface area contributed by atoms with Crippen LogP contribution in [0.15, 0.2) is 59.5 Å². The quantitative estimate of drug-likeness (QED) is 0.862. The Bertz CT molecular complexity index is 691. The fourth-order valence-electron chi connectivity index (χ4n) is 2.90. The van der Waals surface area contributed by atoms with E-state index in [0.29, 0.717) is 0 Å². The lowest BCUT2D eigenvalue weighted by Crippen LogP contribution is -2.30. The topological polar surface area (TPSA) is 41.6 Å². The zero-order valence-electron chi connectivity index (χ0n) is 14.6. The summed E-state index contributed by atoms with van der Waals surface area (Å²) in [4.78, 5) is 15.8. The molecule has 0 saturated carbocycles. The molecule has 1 fully saturated rings. The SMILES string of the molecule is CCN1C[C@@H](OC(=O)Nc2ccccc2)[C@H](Sc2ccc(C)cc2)C1. The molecule has 1 amide bonds. The molecule has 1 N–H and O–H groups in total. The highest BCUT2D eigenvalue weighted by Crippen LogP contribution is 2.31. The first-order valence-electron chi connectivity index (χ1n) is 8.62. The van der Waals surface area contributed by atoms with E-state index in [-0.39, 0.29) is 17.4 Å². The minimum absolute atomic E-state index is 0.116. The van der Waals surface area contributed by atoms with Gasteiger partial charge in [-0.15, -0.1) is 11.8 Å². The van der Waals surface area contributed by atoms with Crippen molar-refractivity contribution in [3.63, 3.8) is 0 Å². The Hall–Kier alpha value is -1.98. The number of carbonyl (C=O) groups is 1. The summed E-state index contributed by atoms with van der Waals surface area (Å²) in [7, 11) is 0. The highest BCUT2D eigenvalue weighted by molar-refractivity contribution is 8.00. The minimum Gasteiger partial charge on any atom is -0.443 e. The number of anilines is 1. The smallest absolute Gasteiger partial charge is 0.411 e. The van der Waals surface area contributed by atoms with E-state index >= 15 is 0 Å². The standard InChI is InChI=1S/C20H24N2O2S/c1-3-22-13-18(24-20(23)21-16-7-5-4-6-8-16)19(14-22)25-17-11-9-15(2)10-12-17/h4-12,18-19H,3,13-14H2,1-2H3,(H,21,23)/t18-,19-/m1/s1. The summed E-state index contributed by atoms with van der Waals surface area (Å²) in [5, 5.41) is 3.04. The molecule has 2 atom stereocenters. The number of likely N-dealkylation sites (N-methyl/N-ethyl adjacent to an activating group) is 1. The Labute approximate surface area is 153 Å². The van der Waals surface area contributed by atoms with Crippen LogP contribution in [0.3, 0.4) is 0 Å². The van der Waals surface area contributed by atoms with Crippen LogP contribution in [-0.4, -0.2) is 42.0 Å². The van der Waals surface area contributed by atoms with Crippen LogP contribution in [0.2, 0.25) is 0 Å². The summed E-state index contributed by atoms with van der Waals surface area (Å²) in [6, 6.07) is 17.9. The Morgan fingerprint density at radius 2 is 1.88 bits per heavy atom. The monoisotopic (exact) mass is 356 g/mol. The number of carbonyl (C=O) groups excluding carboxylic acids is 1. The van der Waals surface area contributed by atoms with Gasteiger partial charge in [-0.3, -0.25) is 10.2 Å². The molecule has 0 aliphatic carbocycles. The van der Waals surface area contributed by atoms with E-state index in [1.165, 1.54) is 10.5 Å². The first-order valence-corrected chi connectivity index (χ1v) is 9.50. The van der Waals surface area contributed by atoms with Crippen molar-refractivity contribution in [3.05, 3.63) is 60.2 Å². The number of aryl methyl sites for hydroxylation is 1. The molecule has 132 valence electrons. The predicted octanol–water partition coefficient (Wildman–Crippen LogP) is 4.41. The maximum atomic E-state index is 12.2. The number of ether oxygens (including phenoxy) is 1. The van der Waals surface area contributed by atoms with Crippen molar-refractivity contribution < 1.29 is 9.53 Å². The average Bonchev–Trinajstić information content (AvgIpc) is 2.99. The second-order valence-electron chi connectivity index (χ2n) is 6.26. The van der Waals surface area contributed by atoms with Gasteiger partial charge in [0.2, 0.25) is 0 Å². The third kappa shape index (κ3) is 5.00. The number of likely N-dealkylation sites (tertiary alicyclic amines) is 1. The van der Waals surface area contributed by atoms with Gasteiger partial charge in [-0.05, 0) is 37.7 Å². The number of hydrogen-bond acceptors (Lipinski definition) is 4. The third-order valence-corrected chi connectivity index (χ3v) is 5.62. The Balaban J connectivity index is 1.62. The number of nitrogens with zero attached hydrogens (tertiary/aromatic N) is 1. The van der Waals surface area contributed by atoms with E-state index < -0.39 is 0 Å². The summed E-state index contributed by atoms with van der Waals surface area (Å²) in [6.07, 6.45) is -0.501. The average molecular weight is 356 g/mol. The molecular formula is C20H24N2O2S. The molecule has 1 saturated heterocycles. The van der Waals surface area contributed by atoms with Crippen LogP contribution in [0.4, 0.5) is 10.5 Å². The highest BCUT2D eigenvalue weighted by Gasteiger charge is 2.35. The lowest BCUT2D eigenvalue weighted by molar-refractivity contribution is 0.116. The van der Waals surface area contributed by atoms with E-state index in [2.05, 4.69) is 48.3 Å². The van der Waals surface area contributed by atoms with Crippen LogP contribution in [0.5, 0.6) is 0 Å². The van der Waals surface area contributed by atoms with Crippen molar-refractivity contribution in [1.82, 2.24) is 4.90 Å². The van der Waals surface area contributed by atoms with E-state index in [4.69, 9.17) is 4.74 Å². The van der Waals surface area contributed by atoms with Crippen LogP contribution in [0, 0.1) is 6.92 Å². The van der Waals surface area contributed by atoms with Gasteiger partial charge in [0.05, 0.1) is 5.25 Å². The number of amides is 1. The fraction of sp³-hybridized carbons (Fsp3) is 0.350. The summed E-state index contributed by atoms with van der Waals surface area (Å²) in [6.45, 7) is 6.90. The molecule has 1 aliphatic rings. The largest absolute Gasteiger partial charge is 0.443 e. The molecule has 4 nitrogen and oxygen atoms in total. The minimum atomic E-state index is -0.386. The van der Waals surface area contributed by atoms with Gasteiger partial charge in [0.1, 0.15) is 6.10 Å². The maximum absolute atomic E-state index is 12.2. The van der Waals surface area contributed by atoms with E-state index in [9.17, 15) is 4.79 Å². The fourth-order valence-corrected chi connectivity index (χ4v) is 4.12. The van der Waals surface area contributed by atoms with Crippen molar-refractivity contribution in [2.75, 3.05) is 25.0 Å². The van der Waals surface area contributed by atoms with Gasteiger partial charge >= 0.3 is 6.09 Å². The van der Waals surface area contributed by atoms with Crippen molar-refractivity contribution in [2.24, 2.45) is 0 Å². The van der Waals surface area contributed by atoms with E-state index in [0.717, 1.165) is 25.3 Å². The van der Waals surface area contributed by atoms with Gasteiger partial charge in [0.15, 0.2) is 0 Å². The van der Waals surface area contributed by atoms with E-state index in [1.807, 2.05) is 30.3 Å². The Kier molecular flexibility index (Phi) is 6.00. The molecule has 0 bridgehead atoms. The number of thioether (sulfide) groups is 1. The summed E-state index contributed by atoms with van der Waals surface area (Å²) < 4.78 is 5.74. The first kappa shape index (κ1) is 17.8. The van der Waals surface area contributed by atoms with Gasteiger partial charge in [-0.25, -0.2) is 4.79 Å². The molecule has 1 heterocycles. The number of nitrogens with one attached hydrogen (secondary N) is 1. The molecule has 0 spiro atoms. The second-order valence-corrected chi connectivity index (χ2v) is 7.57. The summed E-state index contributed by atoms with van der Waals surface area (Å²) in [5.41, 5.74) is 2.00. The molecular weight excluding hydrogens is 332 g/mol. The number of rotatable bonds is 5. The molecule has 5 heteroatoms. The van der Waals surface area contributed by atoms with Gasteiger partial charge in [0, 0.05) is 23.7 Å². The zero-order valence-corrected chi connectivity index (χ0v) is 15.5. The van der Waals surface area contributed by atoms with Crippen LogP contribution >= 0.6 is 11.8 Å². The summed E-state index contributed by atoms with van der Waals surface area (Å²) >= 11 is 1.79. The number of benzene rings is 2. The molecule has 0 radical (unpaired) electrons. The van der Waals surface area contributed by atoms with Gasteiger partial charge in [-0.1, -0.05) is 42.8 Å². The molecule has 3 rings (SSSR count). The van der Waals surface area contributed by atoms with Gasteiger partial charge < -0.3 is 4.74 Å². The molecule has 2 aromatic rings. The first-order chi connectivity index (χ1) is 12.1. The van der Waals surface area contributed by atoms with Crippen LogP contribution in [-0.2, 0) is 4.74 Å². The number of hydrogen-bond donors (Lipinski definition) is 1. The lowest BCUT2D eigenvalue weighted by Gasteiger charge is -2.19. The molecule has 1 aliphatic heterocycles. The zero-order chi connectivity index (χ0) is 17.6. The van der Waals surface area contributed by atoms with Crippen LogP contribution in [0.25, 0.3) is 0 Å². The van der Waals surface area contributed by atoms with Crippen LogP contribution < -0.4 is 5.32 Å². The predicted molar refractivity (Wildman–Crippen MR) is 103 cm³/mol. The molecule has 2 aromatic carbocycles. The molecule has 25 heavy (non-hydrogen) atoms. The normalized spacial score (nSPS) is 20.4. The van der Waals surface area contributed by atoms with E-state index in [1.54, 1.807) is 11.8 Å². The van der Waals surface area contributed by atoms with Crippen molar-refractivity contribution in [2.45, 2.75) is 30.1 Å². The Morgan fingerprint density at radius 1 is 1.16 bits per heavy atom. The molecule has 0 aromatic heterocycles. The van der Waals surface area contributed by atoms with Crippen LogP contribution in [0.1, 0.15) is 12.5 Å². The van der Waals surface area contributed by atoms with Crippen molar-refractivity contribution in [1.29, 1.82) is 0 Å². The number of para-hydroxylation sites is 1. The van der Waals surface area contributed by atoms with Crippen molar-refractivity contribution in [3.8, 4) is 0 Å². The van der Waals surface area contributed by atoms with Crippen molar-refractivity contribution >= 4 is 23.5 Å². The maximum Gasteiger partial charge on any atom is 0.411 e. The van der Waals surface area contributed by atoms with Gasteiger partial charge in [0.25, 0.3) is 0 Å². The second kappa shape index (κ2) is 8.41. The lowest BCUT2D eigenvalue weighted by atomic mass is 10.2. The Morgan fingerprint density at radius 3 is 2.56 bits per heavy atom. The summed E-state index contributed by atoms with van der Waals surface area (Å²) in [5.74, 6) is 0.